The maximum atomic E-state index is 5.24. The van der Waals surface area contributed by atoms with E-state index in [-0.39, 0.29) is 0 Å². The molecule has 11 aromatic rings. The minimum absolute atomic E-state index is 0.623. The number of rotatable bonds is 5. The maximum Gasteiger partial charge on any atom is 0.164 e. The van der Waals surface area contributed by atoms with Crippen molar-refractivity contribution in [3.8, 4) is 51.0 Å². The van der Waals surface area contributed by atoms with Crippen LogP contribution in [0.25, 0.3) is 105 Å². The zero-order valence-corrected chi connectivity index (χ0v) is 29.8. The molecule has 2 heterocycles. The van der Waals surface area contributed by atoms with Crippen molar-refractivity contribution in [2.75, 3.05) is 0 Å². The predicted molar refractivity (Wildman–Crippen MR) is 228 cm³/mol. The van der Waals surface area contributed by atoms with E-state index in [4.69, 9.17) is 15.0 Å². The summed E-state index contributed by atoms with van der Waals surface area (Å²) in [5, 5.41) is 9.45. The SMILES string of the molecule is c1ccc(-c2ccc(-c3nc(-c4ccc5ccccc5c4)nc(-c4cc(-n5c6ccccc6c6ccc7ccccc7c65)c5ccccc5c4)n3)cc2)cc1. The van der Waals surface area contributed by atoms with Gasteiger partial charge in [-0.05, 0) is 56.9 Å². The Labute approximate surface area is 317 Å². The van der Waals surface area contributed by atoms with Gasteiger partial charge < -0.3 is 4.57 Å². The van der Waals surface area contributed by atoms with Gasteiger partial charge in [-0.25, -0.2) is 15.0 Å². The topological polar surface area (TPSA) is 43.6 Å². The van der Waals surface area contributed by atoms with Crippen molar-refractivity contribution in [1.29, 1.82) is 0 Å². The summed E-state index contributed by atoms with van der Waals surface area (Å²) in [6, 6.07) is 68.7. The molecule has 11 rings (SSSR count). The number of hydrogen-bond acceptors (Lipinski definition) is 3. The molecule has 9 aromatic carbocycles. The van der Waals surface area contributed by atoms with Gasteiger partial charge in [0.15, 0.2) is 17.5 Å². The molecule has 0 fully saturated rings. The van der Waals surface area contributed by atoms with Gasteiger partial charge in [0.25, 0.3) is 0 Å². The van der Waals surface area contributed by atoms with Crippen molar-refractivity contribution in [1.82, 2.24) is 19.5 Å². The zero-order valence-electron chi connectivity index (χ0n) is 29.8. The summed E-state index contributed by atoms with van der Waals surface area (Å²) in [5.41, 5.74) is 8.54. The monoisotopic (exact) mass is 700 g/mol. The molecular weight excluding hydrogens is 669 g/mol. The Morgan fingerprint density at radius 3 is 1.62 bits per heavy atom. The van der Waals surface area contributed by atoms with Crippen molar-refractivity contribution in [2.24, 2.45) is 0 Å². The predicted octanol–water partition coefficient (Wildman–Crippen LogP) is 13.1. The molecule has 0 unspecified atom stereocenters. The van der Waals surface area contributed by atoms with Crippen molar-refractivity contribution in [3.05, 3.63) is 194 Å². The summed E-state index contributed by atoms with van der Waals surface area (Å²) in [6.07, 6.45) is 0. The van der Waals surface area contributed by atoms with E-state index < -0.39 is 0 Å². The third-order valence-electron chi connectivity index (χ3n) is 10.8. The van der Waals surface area contributed by atoms with Crippen LogP contribution in [-0.2, 0) is 0 Å². The second kappa shape index (κ2) is 12.6. The van der Waals surface area contributed by atoms with Crippen LogP contribution in [-0.4, -0.2) is 19.5 Å². The number of nitrogens with zero attached hydrogens (tertiary/aromatic N) is 4. The first-order chi connectivity index (χ1) is 27.2. The quantitative estimate of drug-likeness (QED) is 0.179. The molecule has 0 aliphatic carbocycles. The van der Waals surface area contributed by atoms with E-state index in [9.17, 15) is 0 Å². The highest BCUT2D eigenvalue weighted by Crippen LogP contribution is 2.40. The fraction of sp³-hybridized carbons (Fsp3) is 0. The Hall–Kier alpha value is -7.43. The zero-order chi connectivity index (χ0) is 36.3. The van der Waals surface area contributed by atoms with Crippen LogP contribution in [0.15, 0.2) is 194 Å². The Kier molecular flexibility index (Phi) is 7.14. The first kappa shape index (κ1) is 31.1. The van der Waals surface area contributed by atoms with Crippen LogP contribution >= 0.6 is 0 Å². The molecule has 2 aromatic heterocycles. The van der Waals surface area contributed by atoms with Gasteiger partial charge in [-0.2, -0.15) is 0 Å². The van der Waals surface area contributed by atoms with Crippen LogP contribution < -0.4 is 0 Å². The standard InChI is InChI=1S/C51H32N4/c1-2-12-33(13-3-1)35-22-25-37(26-23-35)49-52-50(40-27-24-34-14-4-5-16-38(34)30-40)54-51(53-49)41-31-39-17-7-8-18-42(39)47(32-41)55-46-21-11-10-20-44(46)45-29-28-36-15-6-9-19-43(36)48(45)55/h1-32H. The Morgan fingerprint density at radius 1 is 0.291 bits per heavy atom. The minimum Gasteiger partial charge on any atom is -0.308 e. The molecule has 0 aliphatic heterocycles. The highest BCUT2D eigenvalue weighted by atomic mass is 15.0. The van der Waals surface area contributed by atoms with Crippen LogP contribution in [0, 0.1) is 0 Å². The fourth-order valence-corrected chi connectivity index (χ4v) is 8.12. The van der Waals surface area contributed by atoms with Crippen molar-refractivity contribution in [2.45, 2.75) is 0 Å². The summed E-state index contributed by atoms with van der Waals surface area (Å²) in [4.78, 5) is 15.6. The van der Waals surface area contributed by atoms with Crippen LogP contribution in [0.1, 0.15) is 0 Å². The lowest BCUT2D eigenvalue weighted by molar-refractivity contribution is 1.07. The van der Waals surface area contributed by atoms with Crippen LogP contribution in [0.4, 0.5) is 0 Å². The molecule has 0 saturated carbocycles. The smallest absolute Gasteiger partial charge is 0.164 e. The molecule has 0 N–H and O–H groups in total. The number of hydrogen-bond donors (Lipinski definition) is 0. The molecule has 0 amide bonds. The first-order valence-corrected chi connectivity index (χ1v) is 18.6. The highest BCUT2D eigenvalue weighted by Gasteiger charge is 2.19. The lowest BCUT2D eigenvalue weighted by atomic mass is 10.0. The van der Waals surface area contributed by atoms with Crippen LogP contribution in [0.3, 0.4) is 0 Å². The maximum absolute atomic E-state index is 5.24. The number of aromatic nitrogens is 4. The molecule has 4 heteroatoms. The Bertz CT molecular complexity index is 3250. The van der Waals surface area contributed by atoms with Crippen molar-refractivity contribution >= 4 is 54.1 Å². The lowest BCUT2D eigenvalue weighted by Crippen LogP contribution is -2.02. The van der Waals surface area contributed by atoms with Crippen LogP contribution in [0.2, 0.25) is 0 Å². The molecule has 0 saturated heterocycles. The summed E-state index contributed by atoms with van der Waals surface area (Å²) in [6.45, 7) is 0. The van der Waals surface area contributed by atoms with Gasteiger partial charge in [-0.3, -0.25) is 0 Å². The molecule has 256 valence electrons. The van der Waals surface area contributed by atoms with Gasteiger partial charge in [0.2, 0.25) is 0 Å². The minimum atomic E-state index is 0.623. The Balaban J connectivity index is 1.17. The third-order valence-corrected chi connectivity index (χ3v) is 10.8. The van der Waals surface area contributed by atoms with Crippen molar-refractivity contribution < 1.29 is 0 Å². The van der Waals surface area contributed by atoms with Gasteiger partial charge in [0.1, 0.15) is 0 Å². The molecule has 4 nitrogen and oxygen atoms in total. The van der Waals surface area contributed by atoms with Crippen molar-refractivity contribution in [3.63, 3.8) is 0 Å². The van der Waals surface area contributed by atoms with E-state index in [1.807, 2.05) is 6.07 Å². The molecule has 0 spiro atoms. The summed E-state index contributed by atoms with van der Waals surface area (Å²) >= 11 is 0. The highest BCUT2D eigenvalue weighted by molar-refractivity contribution is 6.19. The third kappa shape index (κ3) is 5.26. The Morgan fingerprint density at radius 2 is 0.818 bits per heavy atom. The van der Waals surface area contributed by atoms with E-state index in [0.29, 0.717) is 17.5 Å². The number of benzene rings is 9. The van der Waals surface area contributed by atoms with E-state index in [2.05, 4.69) is 193 Å². The average Bonchev–Trinajstić information content (AvgIpc) is 3.61. The first-order valence-electron chi connectivity index (χ1n) is 18.6. The van der Waals surface area contributed by atoms with Gasteiger partial charge in [0, 0.05) is 38.2 Å². The van der Waals surface area contributed by atoms with E-state index in [1.54, 1.807) is 0 Å². The molecule has 55 heavy (non-hydrogen) atoms. The van der Waals surface area contributed by atoms with E-state index >= 15 is 0 Å². The number of para-hydroxylation sites is 1. The largest absolute Gasteiger partial charge is 0.308 e. The molecule has 0 aliphatic rings. The summed E-state index contributed by atoms with van der Waals surface area (Å²) < 4.78 is 2.44. The van der Waals surface area contributed by atoms with Gasteiger partial charge in [-0.1, -0.05) is 170 Å². The van der Waals surface area contributed by atoms with E-state index in [1.165, 1.54) is 38.0 Å². The fourth-order valence-electron chi connectivity index (χ4n) is 8.12. The average molecular weight is 701 g/mol. The lowest BCUT2D eigenvalue weighted by Gasteiger charge is -2.16. The second-order valence-electron chi connectivity index (χ2n) is 14.1. The summed E-state index contributed by atoms with van der Waals surface area (Å²) in [5.74, 6) is 1.89. The van der Waals surface area contributed by atoms with E-state index in [0.717, 1.165) is 49.6 Å². The van der Waals surface area contributed by atoms with Crippen LogP contribution in [0.5, 0.6) is 0 Å². The second-order valence-corrected chi connectivity index (χ2v) is 14.1. The molecular formula is C51H32N4. The normalized spacial score (nSPS) is 11.6. The molecule has 0 bridgehead atoms. The number of fused-ring (bicyclic) bond motifs is 7. The summed E-state index contributed by atoms with van der Waals surface area (Å²) in [7, 11) is 0. The van der Waals surface area contributed by atoms with Gasteiger partial charge >= 0.3 is 0 Å². The van der Waals surface area contributed by atoms with Gasteiger partial charge in [-0.15, -0.1) is 0 Å². The molecule has 0 atom stereocenters. The van der Waals surface area contributed by atoms with Gasteiger partial charge in [0.05, 0.1) is 16.7 Å². The molecule has 0 radical (unpaired) electrons.